The van der Waals surface area contributed by atoms with E-state index in [4.69, 9.17) is 34.9 Å². The summed E-state index contributed by atoms with van der Waals surface area (Å²) in [5, 5.41) is 0.878. The van der Waals surface area contributed by atoms with Gasteiger partial charge in [-0.15, -0.1) is 0 Å². The Labute approximate surface area is 210 Å². The number of morpholine rings is 2. The molecule has 3 aromatic rings. The van der Waals surface area contributed by atoms with Crippen molar-refractivity contribution in [2.45, 2.75) is 32.5 Å². The largest absolute Gasteiger partial charge is 0.380 e. The smallest absolute Gasteiger partial charge is 0.249 e. The first-order valence-corrected chi connectivity index (χ1v) is 12.3. The molecule has 0 spiro atoms. The summed E-state index contributed by atoms with van der Waals surface area (Å²) in [6.45, 7) is 8.56. The topological polar surface area (TPSA) is 116 Å². The van der Waals surface area contributed by atoms with Gasteiger partial charge in [0.05, 0.1) is 56.2 Å². The summed E-state index contributed by atoms with van der Waals surface area (Å²) >= 11 is 0. The van der Waals surface area contributed by atoms with Gasteiger partial charge in [0.25, 0.3) is 0 Å². The van der Waals surface area contributed by atoms with Crippen LogP contribution in [0.25, 0.3) is 22.3 Å². The molecular weight excluding hydrogens is 460 g/mol. The third kappa shape index (κ3) is 4.71. The molecule has 2 aliphatic rings. The minimum absolute atomic E-state index is 0.154. The first-order chi connectivity index (χ1) is 17.5. The molecule has 2 aromatic heterocycles. The number of pyridine rings is 1. The number of rotatable bonds is 6. The molecule has 10 nitrogen and oxygen atoms in total. The molecule has 0 aliphatic carbocycles. The quantitative estimate of drug-likeness (QED) is 0.554. The molecule has 1 aromatic carbocycles. The highest BCUT2D eigenvalue weighted by Gasteiger charge is 2.27. The average molecular weight is 493 g/mol. The highest BCUT2D eigenvalue weighted by Crippen LogP contribution is 2.31. The van der Waals surface area contributed by atoms with E-state index in [9.17, 15) is 4.79 Å². The second kappa shape index (κ2) is 10.3. The van der Waals surface area contributed by atoms with E-state index < -0.39 is 5.91 Å². The van der Waals surface area contributed by atoms with Crippen LogP contribution >= 0.6 is 0 Å². The van der Waals surface area contributed by atoms with Crippen molar-refractivity contribution in [2.75, 3.05) is 56.4 Å². The number of hydrogen-bond acceptors (Lipinski definition) is 9. The van der Waals surface area contributed by atoms with Crippen molar-refractivity contribution < 1.29 is 19.0 Å². The van der Waals surface area contributed by atoms with Crippen molar-refractivity contribution >= 4 is 28.7 Å². The van der Waals surface area contributed by atoms with Gasteiger partial charge in [-0.05, 0) is 37.6 Å². The summed E-state index contributed by atoms with van der Waals surface area (Å²) < 4.78 is 16.5. The molecular formula is C26H32N6O4. The zero-order valence-corrected chi connectivity index (χ0v) is 20.9. The SMILES string of the molecule is COCc1ccc(-c2ccc3c(N4CCOCC4C)nc(N4CCOCC4C)nc3n2)cc1C(N)=O. The van der Waals surface area contributed by atoms with Crippen molar-refractivity contribution in [3.05, 3.63) is 41.5 Å². The molecule has 4 heterocycles. The van der Waals surface area contributed by atoms with Crippen LogP contribution in [0.1, 0.15) is 29.8 Å². The fraction of sp³-hybridized carbons (Fsp3) is 0.462. The highest BCUT2D eigenvalue weighted by atomic mass is 16.5. The zero-order chi connectivity index (χ0) is 25.2. The first-order valence-electron chi connectivity index (χ1n) is 12.3. The summed E-state index contributed by atoms with van der Waals surface area (Å²) in [4.78, 5) is 31.4. The molecule has 2 N–H and O–H groups in total. The van der Waals surface area contributed by atoms with Crippen LogP contribution in [-0.2, 0) is 20.8 Å². The number of fused-ring (bicyclic) bond motifs is 1. The van der Waals surface area contributed by atoms with E-state index >= 15 is 0 Å². The second-order valence-electron chi connectivity index (χ2n) is 9.32. The molecule has 5 rings (SSSR count). The number of nitrogens with zero attached hydrogens (tertiary/aromatic N) is 5. The van der Waals surface area contributed by atoms with Crippen LogP contribution in [0.4, 0.5) is 11.8 Å². The number of benzene rings is 1. The van der Waals surface area contributed by atoms with Crippen molar-refractivity contribution in [2.24, 2.45) is 5.73 Å². The molecule has 2 aliphatic heterocycles. The van der Waals surface area contributed by atoms with E-state index in [1.54, 1.807) is 13.2 Å². The van der Waals surface area contributed by atoms with E-state index in [2.05, 4.69) is 23.6 Å². The maximum Gasteiger partial charge on any atom is 0.249 e. The molecule has 1 amide bonds. The monoisotopic (exact) mass is 492 g/mol. The van der Waals surface area contributed by atoms with Crippen molar-refractivity contribution in [3.63, 3.8) is 0 Å². The lowest BCUT2D eigenvalue weighted by molar-refractivity contribution is 0.0973. The zero-order valence-electron chi connectivity index (χ0n) is 20.9. The maximum atomic E-state index is 12.1. The average Bonchev–Trinajstić information content (AvgIpc) is 2.88. The number of ether oxygens (including phenoxy) is 3. The Kier molecular flexibility index (Phi) is 6.99. The predicted octanol–water partition coefficient (Wildman–Crippen LogP) is 2.39. The Bertz CT molecular complexity index is 1270. The molecule has 36 heavy (non-hydrogen) atoms. The van der Waals surface area contributed by atoms with Crippen molar-refractivity contribution in [1.29, 1.82) is 0 Å². The van der Waals surface area contributed by atoms with E-state index in [0.29, 0.717) is 62.4 Å². The van der Waals surface area contributed by atoms with Crippen LogP contribution in [-0.4, -0.2) is 79.6 Å². The highest BCUT2D eigenvalue weighted by molar-refractivity contribution is 5.96. The van der Waals surface area contributed by atoms with Gasteiger partial charge in [-0.3, -0.25) is 4.79 Å². The third-order valence-corrected chi connectivity index (χ3v) is 6.76. The Balaban J connectivity index is 1.63. The summed E-state index contributed by atoms with van der Waals surface area (Å²) in [7, 11) is 1.59. The van der Waals surface area contributed by atoms with Gasteiger partial charge in [-0.2, -0.15) is 9.97 Å². The number of aromatic nitrogens is 3. The predicted molar refractivity (Wildman–Crippen MR) is 137 cm³/mol. The number of hydrogen-bond donors (Lipinski definition) is 1. The van der Waals surface area contributed by atoms with E-state index in [1.165, 1.54) is 0 Å². The number of nitrogens with two attached hydrogens (primary N) is 1. The molecule has 0 saturated carbocycles. The summed E-state index contributed by atoms with van der Waals surface area (Å²) in [6.07, 6.45) is 0. The van der Waals surface area contributed by atoms with Crippen LogP contribution in [0.2, 0.25) is 0 Å². The lowest BCUT2D eigenvalue weighted by atomic mass is 10.0. The fourth-order valence-electron chi connectivity index (χ4n) is 4.80. The van der Waals surface area contributed by atoms with Crippen LogP contribution < -0.4 is 15.5 Å². The molecule has 2 saturated heterocycles. The van der Waals surface area contributed by atoms with Crippen LogP contribution in [0, 0.1) is 0 Å². The lowest BCUT2D eigenvalue weighted by Crippen LogP contribution is -2.46. The van der Waals surface area contributed by atoms with Crippen LogP contribution in [0.3, 0.4) is 0 Å². The standard InChI is InChI=1S/C26H32N6O4/c1-16-13-35-10-8-31(16)25-20-6-7-22(18-4-5-19(15-34-3)21(12-18)23(27)33)28-24(20)29-26(30-25)32-9-11-36-14-17(32)2/h4-7,12,16-17H,8-11,13-15H2,1-3H3,(H2,27,33). The summed E-state index contributed by atoms with van der Waals surface area (Å²) in [5.74, 6) is 1.00. The van der Waals surface area contributed by atoms with Gasteiger partial charge in [0.2, 0.25) is 11.9 Å². The maximum absolute atomic E-state index is 12.1. The minimum atomic E-state index is -0.501. The molecule has 10 heteroatoms. The molecule has 0 bridgehead atoms. The van der Waals surface area contributed by atoms with E-state index in [-0.39, 0.29) is 12.1 Å². The number of methoxy groups -OCH3 is 1. The first kappa shape index (κ1) is 24.4. The molecule has 2 atom stereocenters. The number of amides is 1. The van der Waals surface area contributed by atoms with Crippen molar-refractivity contribution in [3.8, 4) is 11.3 Å². The fourth-order valence-corrected chi connectivity index (χ4v) is 4.80. The van der Waals surface area contributed by atoms with Crippen molar-refractivity contribution in [1.82, 2.24) is 15.0 Å². The molecule has 2 fully saturated rings. The van der Waals surface area contributed by atoms with Gasteiger partial charge < -0.3 is 29.7 Å². The van der Waals surface area contributed by atoms with Crippen LogP contribution in [0.15, 0.2) is 30.3 Å². The van der Waals surface area contributed by atoms with Gasteiger partial charge in [0, 0.05) is 31.3 Å². The summed E-state index contributed by atoms with van der Waals surface area (Å²) in [6, 6.07) is 9.82. The molecule has 0 radical (unpaired) electrons. The Hall–Kier alpha value is -3.34. The van der Waals surface area contributed by atoms with Gasteiger partial charge in [0.15, 0.2) is 5.65 Å². The number of carbonyl (C=O) groups excluding carboxylic acids is 1. The lowest BCUT2D eigenvalue weighted by Gasteiger charge is -2.37. The number of carbonyl (C=O) groups is 1. The Morgan fingerprint density at radius 1 is 1.03 bits per heavy atom. The van der Waals surface area contributed by atoms with E-state index in [1.807, 2.05) is 24.3 Å². The van der Waals surface area contributed by atoms with Gasteiger partial charge in [0.1, 0.15) is 5.82 Å². The Morgan fingerprint density at radius 2 is 1.75 bits per heavy atom. The van der Waals surface area contributed by atoms with Gasteiger partial charge >= 0.3 is 0 Å². The second-order valence-corrected chi connectivity index (χ2v) is 9.32. The number of primary amides is 1. The third-order valence-electron chi connectivity index (χ3n) is 6.76. The van der Waals surface area contributed by atoms with Crippen LogP contribution in [0.5, 0.6) is 0 Å². The molecule has 190 valence electrons. The van der Waals surface area contributed by atoms with Gasteiger partial charge in [-0.1, -0.05) is 12.1 Å². The minimum Gasteiger partial charge on any atom is -0.380 e. The van der Waals surface area contributed by atoms with Gasteiger partial charge in [-0.25, -0.2) is 4.98 Å². The molecule has 2 unspecified atom stereocenters. The normalized spacial score (nSPS) is 20.6. The van der Waals surface area contributed by atoms with E-state index in [0.717, 1.165) is 28.9 Å². The Morgan fingerprint density at radius 3 is 2.42 bits per heavy atom. The number of anilines is 2. The summed E-state index contributed by atoms with van der Waals surface area (Å²) in [5.41, 5.74) is 8.90.